The Morgan fingerprint density at radius 2 is 1.61 bits per heavy atom. The van der Waals surface area contributed by atoms with E-state index in [-0.39, 0.29) is 0 Å². The third-order valence-electron chi connectivity index (χ3n) is 5.57. The van der Waals surface area contributed by atoms with E-state index in [9.17, 15) is 4.79 Å². The molecule has 2 aliphatic rings. The minimum atomic E-state index is -1.30. The van der Waals surface area contributed by atoms with Gasteiger partial charge in [0.15, 0.2) is 0 Å². The van der Waals surface area contributed by atoms with E-state index in [1.54, 1.807) is 12.1 Å². The van der Waals surface area contributed by atoms with E-state index in [1.807, 2.05) is 84.9 Å². The molecule has 0 N–H and O–H groups in total. The fourth-order valence-electron chi connectivity index (χ4n) is 4.17. The van der Waals surface area contributed by atoms with Gasteiger partial charge < -0.3 is 9.57 Å². The molecule has 0 amide bonds. The van der Waals surface area contributed by atoms with Crippen LogP contribution in [0.15, 0.2) is 95.2 Å². The first-order valence-corrected chi connectivity index (χ1v) is 10.5. The summed E-state index contributed by atoms with van der Waals surface area (Å²) in [6.07, 6.45) is 0. The van der Waals surface area contributed by atoms with Crippen LogP contribution in [-0.2, 0) is 9.63 Å². The van der Waals surface area contributed by atoms with Crippen molar-refractivity contribution < 1.29 is 14.4 Å². The third-order valence-corrected chi connectivity index (χ3v) is 6.19. The Kier molecular flexibility index (Phi) is 4.82. The lowest BCUT2D eigenvalue weighted by Crippen LogP contribution is -2.58. The molecule has 154 valence electrons. The third kappa shape index (κ3) is 2.96. The number of carbonyl (C=O) groups excluding carboxylic acids is 1. The summed E-state index contributed by atoms with van der Waals surface area (Å²) in [7, 11) is 1.62. The molecule has 1 spiro atoms. The van der Waals surface area contributed by atoms with Gasteiger partial charge in [-0.25, -0.2) is 9.80 Å². The Bertz CT molecular complexity index is 1180. The van der Waals surface area contributed by atoms with Gasteiger partial charge in [-0.05, 0) is 45.8 Å². The number of hydrogen-bond acceptors (Lipinski definition) is 6. The van der Waals surface area contributed by atoms with E-state index in [2.05, 4.69) is 21.1 Å². The summed E-state index contributed by atoms with van der Waals surface area (Å²) >= 11 is 3.64. The fourth-order valence-corrected chi connectivity index (χ4v) is 4.92. The zero-order chi connectivity index (χ0) is 21.4. The number of methoxy groups -OCH3 is 1. The lowest BCUT2D eigenvalue weighted by Gasteiger charge is -2.35. The second kappa shape index (κ2) is 7.67. The molecule has 2 atom stereocenters. The van der Waals surface area contributed by atoms with Crippen molar-refractivity contribution in [2.75, 3.05) is 12.1 Å². The molecule has 31 heavy (non-hydrogen) atoms. The number of halogens is 1. The van der Waals surface area contributed by atoms with Crippen LogP contribution in [0.25, 0.3) is 0 Å². The molecule has 6 nitrogen and oxygen atoms in total. The highest BCUT2D eigenvalue weighted by Gasteiger charge is 2.65. The van der Waals surface area contributed by atoms with Crippen molar-refractivity contribution in [2.45, 2.75) is 11.5 Å². The summed E-state index contributed by atoms with van der Waals surface area (Å²) in [4.78, 5) is 18.9. The molecule has 0 aromatic heterocycles. The van der Waals surface area contributed by atoms with Crippen LogP contribution in [0.2, 0.25) is 0 Å². The second-order valence-electron chi connectivity index (χ2n) is 7.23. The molecule has 0 fully saturated rings. The van der Waals surface area contributed by atoms with E-state index in [0.717, 1.165) is 22.6 Å². The van der Waals surface area contributed by atoms with E-state index in [4.69, 9.17) is 14.7 Å². The molecule has 3 aromatic carbocycles. The second-order valence-corrected chi connectivity index (χ2v) is 8.04. The number of hydrazone groups is 1. The normalized spacial score (nSPS) is 22.3. The first-order valence-electron chi connectivity index (χ1n) is 9.75. The van der Waals surface area contributed by atoms with E-state index >= 15 is 0 Å². The van der Waals surface area contributed by atoms with E-state index < -0.39 is 17.4 Å². The van der Waals surface area contributed by atoms with Crippen molar-refractivity contribution in [3.05, 3.63) is 96.1 Å². The maximum absolute atomic E-state index is 13.5. The van der Waals surface area contributed by atoms with Gasteiger partial charge in [0.2, 0.25) is 5.54 Å². The number of nitrogens with zero attached hydrogens (tertiary/aromatic N) is 3. The van der Waals surface area contributed by atoms with Gasteiger partial charge in [0.05, 0.1) is 18.7 Å². The molecule has 0 saturated carbocycles. The molecule has 7 heteroatoms. The summed E-state index contributed by atoms with van der Waals surface area (Å²) in [5, 5.41) is 10.7. The number of carbonyl (C=O) groups is 1. The number of ether oxygens (including phenoxy) is 1. The van der Waals surface area contributed by atoms with Crippen LogP contribution in [0.5, 0.6) is 5.75 Å². The van der Waals surface area contributed by atoms with Crippen molar-refractivity contribution in [3.63, 3.8) is 0 Å². The number of hydrogen-bond donors (Lipinski definition) is 0. The molecule has 0 saturated heterocycles. The maximum Gasteiger partial charge on any atom is 0.369 e. The van der Waals surface area contributed by atoms with Gasteiger partial charge in [0.25, 0.3) is 0 Å². The van der Waals surface area contributed by atoms with Crippen LogP contribution in [0.3, 0.4) is 0 Å². The van der Waals surface area contributed by atoms with E-state index in [0.29, 0.717) is 10.3 Å². The Morgan fingerprint density at radius 1 is 0.968 bits per heavy atom. The van der Waals surface area contributed by atoms with Crippen LogP contribution in [0.1, 0.15) is 17.0 Å². The van der Waals surface area contributed by atoms with Crippen LogP contribution >= 0.6 is 15.9 Å². The number of rotatable bonds is 4. The molecular formula is C24H18BrN3O3. The Balaban J connectivity index is 1.75. The van der Waals surface area contributed by atoms with Crippen molar-refractivity contribution in [2.24, 2.45) is 10.3 Å². The largest absolute Gasteiger partial charge is 0.497 e. The topological polar surface area (TPSA) is 63.5 Å². The summed E-state index contributed by atoms with van der Waals surface area (Å²) in [5.74, 6) is -0.212. The molecule has 0 aliphatic carbocycles. The van der Waals surface area contributed by atoms with Crippen LogP contribution < -0.4 is 9.75 Å². The highest BCUT2D eigenvalue weighted by Crippen LogP contribution is 2.49. The predicted molar refractivity (Wildman–Crippen MR) is 123 cm³/mol. The molecule has 5 rings (SSSR count). The van der Waals surface area contributed by atoms with Gasteiger partial charge in [-0.15, -0.1) is 0 Å². The zero-order valence-corrected chi connectivity index (χ0v) is 18.2. The van der Waals surface area contributed by atoms with Crippen molar-refractivity contribution in [1.29, 1.82) is 0 Å². The first kappa shape index (κ1) is 19.5. The van der Waals surface area contributed by atoms with Gasteiger partial charge in [-0.1, -0.05) is 65.8 Å². The van der Waals surface area contributed by atoms with Gasteiger partial charge in [-0.2, -0.15) is 5.10 Å². The first-order chi connectivity index (χ1) is 15.2. The molecule has 0 radical (unpaired) electrons. The highest BCUT2D eigenvalue weighted by molar-refractivity contribution is 9.18. The minimum absolute atomic E-state index is 0.465. The average Bonchev–Trinajstić information content (AvgIpc) is 3.32. The number of oxime groups is 1. The average molecular weight is 476 g/mol. The SMILES string of the molecule is COc1ccc([C@@H]2C(Br)=NN(c3ccccc3)[C@]23C(=O)ON=C3c2ccccc2)cc1. The molecule has 2 aliphatic heterocycles. The fraction of sp³-hybridized carbons (Fsp3) is 0.125. The van der Waals surface area contributed by atoms with Gasteiger partial charge in [-0.3, -0.25) is 0 Å². The van der Waals surface area contributed by atoms with Crippen molar-refractivity contribution in [1.82, 2.24) is 0 Å². The molecule has 3 aromatic rings. The summed E-state index contributed by atoms with van der Waals surface area (Å²) in [6, 6.07) is 26.8. The van der Waals surface area contributed by atoms with Crippen molar-refractivity contribution in [3.8, 4) is 5.75 Å². The van der Waals surface area contributed by atoms with Gasteiger partial charge in [0.1, 0.15) is 16.1 Å². The number of anilines is 1. The Morgan fingerprint density at radius 3 is 2.26 bits per heavy atom. The Hall–Kier alpha value is -3.45. The van der Waals surface area contributed by atoms with Gasteiger partial charge >= 0.3 is 5.97 Å². The smallest absolute Gasteiger partial charge is 0.369 e. The lowest BCUT2D eigenvalue weighted by molar-refractivity contribution is -0.144. The molecule has 0 bridgehead atoms. The summed E-state index contributed by atoms with van der Waals surface area (Å²) in [6.45, 7) is 0. The predicted octanol–water partition coefficient (Wildman–Crippen LogP) is 4.71. The van der Waals surface area contributed by atoms with Gasteiger partial charge in [0, 0.05) is 5.56 Å². The molecule has 0 unspecified atom stereocenters. The van der Waals surface area contributed by atoms with E-state index in [1.165, 1.54) is 0 Å². The van der Waals surface area contributed by atoms with Crippen LogP contribution in [0, 0.1) is 0 Å². The van der Waals surface area contributed by atoms with Crippen LogP contribution in [0.4, 0.5) is 5.69 Å². The summed E-state index contributed by atoms with van der Waals surface area (Å²) in [5.41, 5.74) is 1.66. The highest BCUT2D eigenvalue weighted by atomic mass is 79.9. The monoisotopic (exact) mass is 475 g/mol. The molecular weight excluding hydrogens is 458 g/mol. The van der Waals surface area contributed by atoms with Crippen LogP contribution in [-0.4, -0.2) is 29.0 Å². The molecule has 2 heterocycles. The summed E-state index contributed by atoms with van der Waals surface area (Å²) < 4.78 is 5.92. The Labute approximate surface area is 187 Å². The number of para-hydroxylation sites is 1. The zero-order valence-electron chi connectivity index (χ0n) is 16.6. The minimum Gasteiger partial charge on any atom is -0.497 e. The standard InChI is InChI=1S/C24H18BrN3O3/c1-30-19-14-12-16(13-15-19)20-22(25)26-28(18-10-6-3-7-11-18)24(20)21(27-31-23(24)29)17-8-4-2-5-9-17/h2-15,20H,1H3/t20-,24-/m1/s1. The quantitative estimate of drug-likeness (QED) is 0.512. The lowest BCUT2D eigenvalue weighted by atomic mass is 9.75. The number of benzene rings is 3. The maximum atomic E-state index is 13.5. The van der Waals surface area contributed by atoms with Crippen molar-refractivity contribution >= 4 is 37.9 Å².